The first-order chi connectivity index (χ1) is 11.9. The Bertz CT molecular complexity index is 748. The van der Waals surface area contributed by atoms with E-state index in [1.165, 1.54) is 12.0 Å². The van der Waals surface area contributed by atoms with E-state index in [-0.39, 0.29) is 16.6 Å². The number of hydrogen-bond acceptors (Lipinski definition) is 2. The lowest BCUT2D eigenvalue weighted by Gasteiger charge is -2.40. The van der Waals surface area contributed by atoms with Gasteiger partial charge in [-0.15, -0.1) is 0 Å². The van der Waals surface area contributed by atoms with Crippen molar-refractivity contribution in [1.29, 1.82) is 0 Å². The van der Waals surface area contributed by atoms with Gasteiger partial charge in [0.25, 0.3) is 0 Å². The number of carbonyl (C=O) groups excluding carboxylic acids is 1. The number of phenols is 1. The molecule has 2 heteroatoms. The summed E-state index contributed by atoms with van der Waals surface area (Å²) < 4.78 is 0. The van der Waals surface area contributed by atoms with E-state index in [0.717, 1.165) is 43.1 Å². The Labute approximate surface area is 150 Å². The zero-order chi connectivity index (χ0) is 18.1. The van der Waals surface area contributed by atoms with Gasteiger partial charge in [0, 0.05) is 11.0 Å². The summed E-state index contributed by atoms with van der Waals surface area (Å²) in [7, 11) is 0. The number of hydrogen-bond donors (Lipinski definition) is 1. The first-order valence-corrected chi connectivity index (χ1v) is 9.27. The molecule has 0 heterocycles. The van der Waals surface area contributed by atoms with Gasteiger partial charge in [0.1, 0.15) is 5.75 Å². The molecule has 0 radical (unpaired) electrons. The minimum atomic E-state index is -0.206. The van der Waals surface area contributed by atoms with Crippen LogP contribution in [0.5, 0.6) is 5.75 Å². The molecule has 2 aromatic rings. The van der Waals surface area contributed by atoms with Crippen LogP contribution in [0.25, 0.3) is 0 Å². The number of phenolic OH excluding ortho intramolecular Hbond substituents is 1. The van der Waals surface area contributed by atoms with Crippen LogP contribution >= 0.6 is 0 Å². The third kappa shape index (κ3) is 3.22. The summed E-state index contributed by atoms with van der Waals surface area (Å²) in [6, 6.07) is 14.5. The Hall–Kier alpha value is -2.09. The van der Waals surface area contributed by atoms with Crippen molar-refractivity contribution in [3.8, 4) is 5.75 Å². The van der Waals surface area contributed by atoms with E-state index in [4.69, 9.17) is 0 Å². The fraction of sp³-hybridized carbons (Fsp3) is 0.435. The molecule has 0 amide bonds. The fourth-order valence-electron chi connectivity index (χ4n) is 4.17. The van der Waals surface area contributed by atoms with Gasteiger partial charge in [0.2, 0.25) is 0 Å². The SMILES string of the molecule is CC(C)(C)c1cc(C=O)c(O)c(C2(c3ccccc3)CCCCC2)c1. The molecule has 0 aliphatic heterocycles. The molecule has 0 aromatic heterocycles. The second-order valence-electron chi connectivity index (χ2n) is 8.34. The lowest BCUT2D eigenvalue weighted by molar-refractivity contribution is 0.112. The molecule has 0 unspecified atom stereocenters. The number of rotatable bonds is 3. The van der Waals surface area contributed by atoms with E-state index >= 15 is 0 Å². The van der Waals surface area contributed by atoms with Gasteiger partial charge >= 0.3 is 0 Å². The van der Waals surface area contributed by atoms with Gasteiger partial charge in [-0.1, -0.05) is 76.4 Å². The van der Waals surface area contributed by atoms with Crippen molar-refractivity contribution in [3.63, 3.8) is 0 Å². The summed E-state index contributed by atoms with van der Waals surface area (Å²) in [5, 5.41) is 10.9. The average molecular weight is 336 g/mol. The van der Waals surface area contributed by atoms with Crippen molar-refractivity contribution in [1.82, 2.24) is 0 Å². The molecule has 1 saturated carbocycles. The second-order valence-corrected chi connectivity index (χ2v) is 8.34. The summed E-state index contributed by atoms with van der Waals surface area (Å²) in [5.41, 5.74) is 3.39. The zero-order valence-electron chi connectivity index (χ0n) is 15.5. The van der Waals surface area contributed by atoms with E-state index in [2.05, 4.69) is 51.1 Å². The molecule has 132 valence electrons. The fourth-order valence-corrected chi connectivity index (χ4v) is 4.17. The lowest BCUT2D eigenvalue weighted by Crippen LogP contribution is -2.31. The summed E-state index contributed by atoms with van der Waals surface area (Å²) in [4.78, 5) is 11.6. The van der Waals surface area contributed by atoms with Gasteiger partial charge in [-0.2, -0.15) is 0 Å². The third-order valence-electron chi connectivity index (χ3n) is 5.68. The molecule has 3 rings (SSSR count). The van der Waals surface area contributed by atoms with Gasteiger partial charge in [-0.25, -0.2) is 0 Å². The van der Waals surface area contributed by atoms with Crippen molar-refractivity contribution in [3.05, 3.63) is 64.7 Å². The van der Waals surface area contributed by atoms with Crippen molar-refractivity contribution in [2.24, 2.45) is 0 Å². The van der Waals surface area contributed by atoms with Crippen molar-refractivity contribution in [2.45, 2.75) is 63.7 Å². The van der Waals surface area contributed by atoms with Crippen LogP contribution in [-0.2, 0) is 10.8 Å². The van der Waals surface area contributed by atoms with Gasteiger partial charge in [0.05, 0.1) is 5.56 Å². The maximum atomic E-state index is 11.6. The molecular weight excluding hydrogens is 308 g/mol. The molecular formula is C23H28O2. The van der Waals surface area contributed by atoms with E-state index in [9.17, 15) is 9.90 Å². The summed E-state index contributed by atoms with van der Waals surface area (Å²) >= 11 is 0. The van der Waals surface area contributed by atoms with Crippen molar-refractivity contribution in [2.75, 3.05) is 0 Å². The second kappa shape index (κ2) is 6.67. The Morgan fingerprint density at radius 2 is 1.64 bits per heavy atom. The molecule has 0 saturated heterocycles. The van der Waals surface area contributed by atoms with E-state index < -0.39 is 0 Å². The number of aromatic hydroxyl groups is 1. The quantitative estimate of drug-likeness (QED) is 0.724. The zero-order valence-corrected chi connectivity index (χ0v) is 15.5. The summed E-state index contributed by atoms with van der Waals surface area (Å²) in [5.74, 6) is 0.161. The first kappa shape index (κ1) is 17.7. The van der Waals surface area contributed by atoms with Crippen LogP contribution in [0.15, 0.2) is 42.5 Å². The van der Waals surface area contributed by atoms with E-state index in [0.29, 0.717) is 5.56 Å². The predicted molar refractivity (Wildman–Crippen MR) is 103 cm³/mol. The molecule has 2 aromatic carbocycles. The minimum Gasteiger partial charge on any atom is -0.507 e. The van der Waals surface area contributed by atoms with Crippen LogP contribution in [-0.4, -0.2) is 11.4 Å². The van der Waals surface area contributed by atoms with Crippen molar-refractivity contribution < 1.29 is 9.90 Å². The maximum Gasteiger partial charge on any atom is 0.153 e. The van der Waals surface area contributed by atoms with Crippen LogP contribution in [0.4, 0.5) is 0 Å². The normalized spacial score (nSPS) is 17.2. The Kier molecular flexibility index (Phi) is 4.73. The highest BCUT2D eigenvalue weighted by Gasteiger charge is 2.39. The van der Waals surface area contributed by atoms with Crippen LogP contribution in [0.3, 0.4) is 0 Å². The van der Waals surface area contributed by atoms with Gasteiger partial charge in [-0.3, -0.25) is 4.79 Å². The molecule has 0 spiro atoms. The van der Waals surface area contributed by atoms with Crippen LogP contribution in [0.2, 0.25) is 0 Å². The highest BCUT2D eigenvalue weighted by Crippen LogP contribution is 2.49. The average Bonchev–Trinajstić information content (AvgIpc) is 2.62. The van der Waals surface area contributed by atoms with Gasteiger partial charge < -0.3 is 5.11 Å². The molecule has 0 atom stereocenters. The van der Waals surface area contributed by atoms with E-state index in [1.54, 1.807) is 0 Å². The molecule has 1 N–H and O–H groups in total. The van der Waals surface area contributed by atoms with Crippen molar-refractivity contribution >= 4 is 6.29 Å². The van der Waals surface area contributed by atoms with Crippen LogP contribution < -0.4 is 0 Å². The largest absolute Gasteiger partial charge is 0.507 e. The highest BCUT2D eigenvalue weighted by molar-refractivity contribution is 5.81. The molecule has 25 heavy (non-hydrogen) atoms. The topological polar surface area (TPSA) is 37.3 Å². The molecule has 0 bridgehead atoms. The minimum absolute atomic E-state index is 0.0766. The number of benzene rings is 2. The molecule has 1 fully saturated rings. The lowest BCUT2D eigenvalue weighted by atomic mass is 9.64. The first-order valence-electron chi connectivity index (χ1n) is 9.27. The summed E-state index contributed by atoms with van der Waals surface area (Å²) in [6.07, 6.45) is 6.33. The number of aldehydes is 1. The molecule has 2 nitrogen and oxygen atoms in total. The highest BCUT2D eigenvalue weighted by atomic mass is 16.3. The summed E-state index contributed by atoms with van der Waals surface area (Å²) in [6.45, 7) is 6.44. The number of carbonyl (C=O) groups is 1. The molecule has 1 aliphatic rings. The monoisotopic (exact) mass is 336 g/mol. The van der Waals surface area contributed by atoms with Crippen LogP contribution in [0.1, 0.15) is 79.9 Å². The van der Waals surface area contributed by atoms with Gasteiger partial charge in [-0.05, 0) is 35.4 Å². The maximum absolute atomic E-state index is 11.6. The standard InChI is InChI=1S/C23H28O2/c1-22(2,3)19-14-17(16-24)21(25)20(15-19)23(12-8-5-9-13-23)18-10-6-4-7-11-18/h4,6-7,10-11,14-16,25H,5,8-9,12-13H2,1-3H3. The Morgan fingerprint density at radius 3 is 2.20 bits per heavy atom. The third-order valence-corrected chi connectivity index (χ3v) is 5.68. The molecule has 1 aliphatic carbocycles. The van der Waals surface area contributed by atoms with Gasteiger partial charge in [0.15, 0.2) is 6.29 Å². The van der Waals surface area contributed by atoms with E-state index in [1.807, 2.05) is 12.1 Å². The predicted octanol–water partition coefficient (Wildman–Crippen LogP) is 5.75. The Balaban J connectivity index is 2.28. The Morgan fingerprint density at radius 1 is 1.00 bits per heavy atom. The smallest absolute Gasteiger partial charge is 0.153 e. The van der Waals surface area contributed by atoms with Crippen LogP contribution in [0, 0.1) is 0 Å².